The molecule has 1 aromatic carbocycles. The molecule has 0 saturated heterocycles. The maximum atomic E-state index is 11.6. The van der Waals surface area contributed by atoms with E-state index in [4.69, 9.17) is 0 Å². The summed E-state index contributed by atoms with van der Waals surface area (Å²) in [5.74, 6) is 1.10. The zero-order valence-corrected chi connectivity index (χ0v) is 8.41. The highest BCUT2D eigenvalue weighted by molar-refractivity contribution is 5.81. The summed E-state index contributed by atoms with van der Waals surface area (Å²) in [5.41, 5.74) is 1.15. The summed E-state index contributed by atoms with van der Waals surface area (Å²) < 4.78 is 0. The second kappa shape index (κ2) is 4.41. The summed E-state index contributed by atoms with van der Waals surface area (Å²) in [6.07, 6.45) is 5.27. The molecule has 1 saturated carbocycles. The Morgan fingerprint density at radius 3 is 2.50 bits per heavy atom. The van der Waals surface area contributed by atoms with E-state index >= 15 is 0 Å². The lowest BCUT2D eigenvalue weighted by Gasteiger charge is -2.24. The predicted molar refractivity (Wildman–Crippen MR) is 57.1 cm³/mol. The topological polar surface area (TPSA) is 17.1 Å². The summed E-state index contributed by atoms with van der Waals surface area (Å²) in [6.45, 7) is 0. The maximum absolute atomic E-state index is 11.6. The van der Waals surface area contributed by atoms with E-state index in [1.807, 2.05) is 30.3 Å². The predicted octanol–water partition coefficient (Wildman–Crippen LogP) is 2.99. The molecule has 14 heavy (non-hydrogen) atoms. The maximum Gasteiger partial charge on any atom is 0.137 e. The molecule has 2 rings (SSSR count). The summed E-state index contributed by atoms with van der Waals surface area (Å²) in [6, 6.07) is 10.0. The molecule has 0 atom stereocenters. The molecule has 0 aromatic heterocycles. The molecule has 1 aliphatic rings. The normalized spacial score (nSPS) is 16.3. The number of carbonyl (C=O) groups excluding carboxylic acids is 1. The van der Waals surface area contributed by atoms with E-state index in [0.717, 1.165) is 12.0 Å². The van der Waals surface area contributed by atoms with Crippen LogP contribution in [0.1, 0.15) is 31.2 Å². The lowest BCUT2D eigenvalue weighted by molar-refractivity contribution is -0.119. The number of ketones is 1. The smallest absolute Gasteiger partial charge is 0.137 e. The van der Waals surface area contributed by atoms with Crippen molar-refractivity contribution in [3.8, 4) is 0 Å². The minimum absolute atomic E-state index is 0.404. The molecule has 1 aliphatic carbocycles. The number of rotatable bonds is 4. The van der Waals surface area contributed by atoms with Gasteiger partial charge in [-0.25, -0.2) is 0 Å². The van der Waals surface area contributed by atoms with E-state index in [1.165, 1.54) is 19.3 Å². The van der Waals surface area contributed by atoms with Crippen molar-refractivity contribution in [1.82, 2.24) is 0 Å². The van der Waals surface area contributed by atoms with Gasteiger partial charge in [-0.3, -0.25) is 4.79 Å². The largest absolute Gasteiger partial charge is 0.299 e. The van der Waals surface area contributed by atoms with Gasteiger partial charge in [0, 0.05) is 12.8 Å². The monoisotopic (exact) mass is 188 g/mol. The number of carbonyl (C=O) groups is 1. The van der Waals surface area contributed by atoms with Gasteiger partial charge in [0.25, 0.3) is 0 Å². The fourth-order valence-electron chi connectivity index (χ4n) is 1.91. The van der Waals surface area contributed by atoms with Crippen molar-refractivity contribution < 1.29 is 4.79 Å². The van der Waals surface area contributed by atoms with E-state index in [2.05, 4.69) is 0 Å². The van der Waals surface area contributed by atoms with Gasteiger partial charge in [0.1, 0.15) is 5.78 Å². The second-order valence-electron chi connectivity index (χ2n) is 4.20. The van der Waals surface area contributed by atoms with Crippen LogP contribution in [0.4, 0.5) is 0 Å². The molecule has 0 spiro atoms. The van der Waals surface area contributed by atoms with Gasteiger partial charge in [-0.15, -0.1) is 0 Å². The standard InChI is InChI=1S/C13H16O/c14-13(10-12-7-4-8-12)9-11-5-2-1-3-6-11/h1-3,5-6,12H,4,7-10H2. The highest BCUT2D eigenvalue weighted by atomic mass is 16.1. The van der Waals surface area contributed by atoms with Crippen molar-refractivity contribution in [3.63, 3.8) is 0 Å². The molecular weight excluding hydrogens is 172 g/mol. The molecule has 0 aliphatic heterocycles. The molecule has 0 unspecified atom stereocenters. The van der Waals surface area contributed by atoms with Crippen LogP contribution in [0.25, 0.3) is 0 Å². The van der Waals surface area contributed by atoms with Crippen molar-refractivity contribution in [2.75, 3.05) is 0 Å². The second-order valence-corrected chi connectivity index (χ2v) is 4.20. The van der Waals surface area contributed by atoms with E-state index in [-0.39, 0.29) is 0 Å². The Morgan fingerprint density at radius 2 is 1.93 bits per heavy atom. The molecule has 74 valence electrons. The Bertz CT molecular complexity index is 298. The van der Waals surface area contributed by atoms with E-state index in [1.54, 1.807) is 0 Å². The number of Topliss-reactive ketones (excluding diaryl/α,β-unsaturated/α-hetero) is 1. The fourth-order valence-corrected chi connectivity index (χ4v) is 1.91. The minimum atomic E-state index is 0.404. The summed E-state index contributed by atoms with van der Waals surface area (Å²) in [7, 11) is 0. The van der Waals surface area contributed by atoms with Gasteiger partial charge in [0.15, 0.2) is 0 Å². The molecule has 0 radical (unpaired) electrons. The van der Waals surface area contributed by atoms with Crippen LogP contribution in [0.3, 0.4) is 0 Å². The van der Waals surface area contributed by atoms with Crippen LogP contribution >= 0.6 is 0 Å². The SMILES string of the molecule is O=C(Cc1ccccc1)CC1CCC1. The molecule has 0 heterocycles. The number of hydrogen-bond donors (Lipinski definition) is 0. The van der Waals surface area contributed by atoms with Crippen LogP contribution < -0.4 is 0 Å². The lowest BCUT2D eigenvalue weighted by Crippen LogP contribution is -2.16. The highest BCUT2D eigenvalue weighted by Crippen LogP contribution is 2.29. The van der Waals surface area contributed by atoms with E-state index < -0.39 is 0 Å². The average Bonchev–Trinajstić information content (AvgIpc) is 2.13. The summed E-state index contributed by atoms with van der Waals surface area (Å²) in [4.78, 5) is 11.6. The molecular formula is C13H16O. The van der Waals surface area contributed by atoms with Crippen LogP contribution in [0.15, 0.2) is 30.3 Å². The molecule has 1 aromatic rings. The van der Waals surface area contributed by atoms with E-state index in [0.29, 0.717) is 18.1 Å². The van der Waals surface area contributed by atoms with Crippen LogP contribution in [0.5, 0.6) is 0 Å². The van der Waals surface area contributed by atoms with Gasteiger partial charge < -0.3 is 0 Å². The molecule has 1 nitrogen and oxygen atoms in total. The molecule has 0 bridgehead atoms. The van der Waals surface area contributed by atoms with Crippen molar-refractivity contribution in [1.29, 1.82) is 0 Å². The zero-order valence-electron chi connectivity index (χ0n) is 8.41. The quantitative estimate of drug-likeness (QED) is 0.710. The lowest BCUT2D eigenvalue weighted by atomic mass is 9.81. The third-order valence-corrected chi connectivity index (χ3v) is 2.99. The average molecular weight is 188 g/mol. The van der Waals surface area contributed by atoms with Crippen molar-refractivity contribution in [2.45, 2.75) is 32.1 Å². The molecule has 1 fully saturated rings. The van der Waals surface area contributed by atoms with Crippen molar-refractivity contribution in [2.24, 2.45) is 5.92 Å². The third-order valence-electron chi connectivity index (χ3n) is 2.99. The van der Waals surface area contributed by atoms with Crippen LogP contribution in [-0.2, 0) is 11.2 Å². The zero-order chi connectivity index (χ0) is 9.80. The molecule has 0 amide bonds. The third kappa shape index (κ3) is 2.44. The Kier molecular flexibility index (Phi) is 2.97. The first-order valence-electron chi connectivity index (χ1n) is 5.40. The Morgan fingerprint density at radius 1 is 1.21 bits per heavy atom. The Labute approximate surface area is 85.1 Å². The van der Waals surface area contributed by atoms with Crippen LogP contribution in [0, 0.1) is 5.92 Å². The van der Waals surface area contributed by atoms with Gasteiger partial charge >= 0.3 is 0 Å². The molecule has 1 heteroatoms. The first-order chi connectivity index (χ1) is 6.84. The fraction of sp³-hybridized carbons (Fsp3) is 0.462. The minimum Gasteiger partial charge on any atom is -0.299 e. The van der Waals surface area contributed by atoms with Crippen molar-refractivity contribution >= 4 is 5.78 Å². The van der Waals surface area contributed by atoms with Gasteiger partial charge in [0.2, 0.25) is 0 Å². The number of hydrogen-bond acceptors (Lipinski definition) is 1. The first-order valence-corrected chi connectivity index (χ1v) is 5.40. The van der Waals surface area contributed by atoms with Crippen molar-refractivity contribution in [3.05, 3.63) is 35.9 Å². The van der Waals surface area contributed by atoms with E-state index in [9.17, 15) is 4.79 Å². The van der Waals surface area contributed by atoms with Gasteiger partial charge in [0.05, 0.1) is 0 Å². The highest BCUT2D eigenvalue weighted by Gasteiger charge is 2.20. The molecule has 0 N–H and O–H groups in total. The van der Waals surface area contributed by atoms with Gasteiger partial charge in [-0.1, -0.05) is 49.6 Å². The van der Waals surface area contributed by atoms with Gasteiger partial charge in [-0.2, -0.15) is 0 Å². The summed E-state index contributed by atoms with van der Waals surface area (Å²) in [5, 5.41) is 0. The Hall–Kier alpha value is -1.11. The number of benzene rings is 1. The van der Waals surface area contributed by atoms with Gasteiger partial charge in [-0.05, 0) is 11.5 Å². The first kappa shape index (κ1) is 9.45. The summed E-state index contributed by atoms with van der Waals surface area (Å²) >= 11 is 0. The van der Waals surface area contributed by atoms with Crippen LogP contribution in [0.2, 0.25) is 0 Å². The Balaban J connectivity index is 1.82. The van der Waals surface area contributed by atoms with Crippen LogP contribution in [-0.4, -0.2) is 5.78 Å².